The van der Waals surface area contributed by atoms with Crippen molar-refractivity contribution in [2.45, 2.75) is 66.2 Å². The highest BCUT2D eigenvalue weighted by atomic mass is 14.3. The van der Waals surface area contributed by atoms with Gasteiger partial charge in [-0.1, -0.05) is 193 Å². The van der Waals surface area contributed by atoms with Crippen LogP contribution in [-0.4, -0.2) is 0 Å². The van der Waals surface area contributed by atoms with E-state index in [9.17, 15) is 0 Å². The molecule has 0 amide bonds. The monoisotopic (exact) mass is 916 g/mol. The Labute approximate surface area is 417 Å². The fraction of sp³-hybridized carbons (Fsp3) is 0.139. The lowest BCUT2D eigenvalue weighted by atomic mass is 9.83. The molecule has 340 valence electrons. The third kappa shape index (κ3) is 4.84. The van der Waals surface area contributed by atoms with Gasteiger partial charge in [-0.25, -0.2) is 0 Å². The van der Waals surface area contributed by atoms with E-state index in [0.29, 0.717) is 11.8 Å². The number of hydrogen-bond acceptors (Lipinski definition) is 0. The van der Waals surface area contributed by atoms with E-state index in [1.165, 1.54) is 184 Å². The van der Waals surface area contributed by atoms with Gasteiger partial charge in [-0.05, 0) is 227 Å². The summed E-state index contributed by atoms with van der Waals surface area (Å²) in [4.78, 5) is 0. The molecule has 0 aliphatic heterocycles. The molecule has 0 radical (unpaired) electrons. The average molecular weight is 917 g/mol. The van der Waals surface area contributed by atoms with Crippen LogP contribution in [-0.2, 0) is 12.8 Å². The Bertz CT molecular complexity index is 5010. The molecule has 0 N–H and O–H groups in total. The van der Waals surface area contributed by atoms with E-state index in [1.54, 1.807) is 0 Å². The summed E-state index contributed by atoms with van der Waals surface area (Å²) in [6.45, 7) is 14.4. The first-order valence-electron chi connectivity index (χ1n) is 26.5. The second kappa shape index (κ2) is 14.3. The van der Waals surface area contributed by atoms with Crippen molar-refractivity contribution in [1.29, 1.82) is 0 Å². The zero-order valence-corrected chi connectivity index (χ0v) is 41.7. The van der Waals surface area contributed by atoms with Crippen molar-refractivity contribution in [3.63, 3.8) is 0 Å². The molecule has 0 spiro atoms. The van der Waals surface area contributed by atoms with Gasteiger partial charge in [0.25, 0.3) is 0 Å². The lowest BCUT2D eigenvalue weighted by Crippen LogP contribution is -2.00. The molecule has 0 heterocycles. The first-order chi connectivity index (χ1) is 35.4. The number of rotatable bonds is 6. The van der Waals surface area contributed by atoms with Gasteiger partial charge in [-0.3, -0.25) is 0 Å². The van der Waals surface area contributed by atoms with Crippen LogP contribution in [0.1, 0.15) is 75.6 Å². The summed E-state index contributed by atoms with van der Waals surface area (Å²) in [5.74, 6) is 0.747. The first kappa shape index (κ1) is 40.6. The average Bonchev–Trinajstić information content (AvgIpc) is 4.05. The van der Waals surface area contributed by atoms with Crippen LogP contribution in [0.15, 0.2) is 170 Å². The van der Waals surface area contributed by atoms with Crippen LogP contribution in [0.25, 0.3) is 141 Å². The summed E-state index contributed by atoms with van der Waals surface area (Å²) in [6, 6.07) is 66.1. The van der Waals surface area contributed by atoms with Crippen LogP contribution in [0.2, 0.25) is 0 Å². The van der Waals surface area contributed by atoms with E-state index in [4.69, 9.17) is 0 Å². The zero-order valence-electron chi connectivity index (χ0n) is 41.7. The molecule has 0 aromatic heterocycles. The summed E-state index contributed by atoms with van der Waals surface area (Å²) in [5.41, 5.74) is 11.1. The fourth-order valence-corrected chi connectivity index (χ4v) is 15.1. The second-order valence-electron chi connectivity index (χ2n) is 21.7. The van der Waals surface area contributed by atoms with Gasteiger partial charge < -0.3 is 0 Å². The molecule has 15 aromatic carbocycles. The summed E-state index contributed by atoms with van der Waals surface area (Å²) in [5, 5.41) is 36.2. The molecule has 16 rings (SSSR count). The van der Waals surface area contributed by atoms with Crippen LogP contribution in [0.5, 0.6) is 0 Å². The topological polar surface area (TPSA) is 0 Å². The lowest BCUT2D eigenvalue weighted by molar-refractivity contribution is 0.846. The molecule has 15 aromatic rings. The smallest absolute Gasteiger partial charge is 0.000441 e. The van der Waals surface area contributed by atoms with E-state index in [-0.39, 0.29) is 0 Å². The summed E-state index contributed by atoms with van der Waals surface area (Å²) in [6.07, 6.45) is 1.86. The molecule has 72 heavy (non-hydrogen) atoms. The van der Waals surface area contributed by atoms with Crippen molar-refractivity contribution >= 4 is 118 Å². The van der Waals surface area contributed by atoms with Crippen LogP contribution >= 0.6 is 0 Å². The minimum absolute atomic E-state index is 0.373. The van der Waals surface area contributed by atoms with E-state index in [0.717, 1.165) is 12.8 Å². The van der Waals surface area contributed by atoms with Crippen LogP contribution in [0, 0.1) is 20.9 Å². The molecular formula is C72H52. The number of aryl methyl sites for hydroxylation is 2. The minimum Gasteiger partial charge on any atom is -0.0622 e. The quantitative estimate of drug-likeness (QED) is 0.115. The molecule has 0 saturated heterocycles. The van der Waals surface area contributed by atoms with E-state index >= 15 is 0 Å². The van der Waals surface area contributed by atoms with Gasteiger partial charge in [0.15, 0.2) is 0 Å². The van der Waals surface area contributed by atoms with Gasteiger partial charge in [0.2, 0.25) is 0 Å². The number of fused-ring (bicyclic) bond motifs is 12. The fourth-order valence-electron chi connectivity index (χ4n) is 15.1. The molecule has 1 aliphatic rings. The maximum Gasteiger partial charge on any atom is -0.000441 e. The van der Waals surface area contributed by atoms with Crippen molar-refractivity contribution < 1.29 is 0 Å². The maximum atomic E-state index is 2.65. The number of benzene rings is 13. The molecule has 0 saturated carbocycles. The molecule has 0 nitrogen and oxygen atoms in total. The Hall–Kier alpha value is -8.06. The molecular weight excluding hydrogens is 865 g/mol. The van der Waals surface area contributed by atoms with Crippen molar-refractivity contribution in [2.75, 3.05) is 0 Å². The Kier molecular flexibility index (Phi) is 8.07. The lowest BCUT2D eigenvalue weighted by Gasteiger charge is -2.19. The Morgan fingerprint density at radius 1 is 0.278 bits per heavy atom. The van der Waals surface area contributed by atoms with Gasteiger partial charge in [0.05, 0.1) is 0 Å². The SMILES string of the molecule is CCc1cc2c3c(-c4ccccc4)c4cc5c6ccccc6c6cccc(c4c(-c4ccccc4)c3c3c(CC)cc4c7ccc8c9c(ccc(c1c4c23)c97)=c1c(C(C)C)c2ccccc2c(C(C)C)c1=8)c65. The molecule has 0 atom stereocenters. The van der Waals surface area contributed by atoms with Crippen molar-refractivity contribution in [3.05, 3.63) is 213 Å². The van der Waals surface area contributed by atoms with Gasteiger partial charge in [0, 0.05) is 0 Å². The summed E-state index contributed by atoms with van der Waals surface area (Å²) in [7, 11) is 0. The van der Waals surface area contributed by atoms with Gasteiger partial charge >= 0.3 is 0 Å². The first-order valence-corrected chi connectivity index (χ1v) is 26.5. The predicted octanol–water partition coefficient (Wildman–Crippen LogP) is 20.3. The minimum atomic E-state index is 0.373. The molecule has 0 bridgehead atoms. The number of hydrogen-bond donors (Lipinski definition) is 0. The summed E-state index contributed by atoms with van der Waals surface area (Å²) < 4.78 is 0. The second-order valence-corrected chi connectivity index (χ2v) is 21.7. The van der Waals surface area contributed by atoms with E-state index in [1.807, 2.05) is 0 Å². The Morgan fingerprint density at radius 3 is 1.38 bits per heavy atom. The summed E-state index contributed by atoms with van der Waals surface area (Å²) >= 11 is 0. The molecule has 0 unspecified atom stereocenters. The Balaban J connectivity index is 1.19. The highest BCUT2D eigenvalue weighted by Crippen LogP contribution is 2.58. The van der Waals surface area contributed by atoms with Gasteiger partial charge in [0.1, 0.15) is 0 Å². The van der Waals surface area contributed by atoms with Crippen LogP contribution < -0.4 is 0 Å². The van der Waals surface area contributed by atoms with Gasteiger partial charge in [-0.2, -0.15) is 0 Å². The van der Waals surface area contributed by atoms with Crippen LogP contribution in [0.4, 0.5) is 0 Å². The Morgan fingerprint density at radius 2 is 0.750 bits per heavy atom. The molecule has 1 aliphatic carbocycles. The van der Waals surface area contributed by atoms with E-state index in [2.05, 4.69) is 211 Å². The van der Waals surface area contributed by atoms with E-state index < -0.39 is 0 Å². The zero-order chi connectivity index (χ0) is 48.0. The van der Waals surface area contributed by atoms with Gasteiger partial charge in [-0.15, -0.1) is 0 Å². The van der Waals surface area contributed by atoms with Crippen LogP contribution in [0.3, 0.4) is 0 Å². The predicted molar refractivity (Wildman–Crippen MR) is 312 cm³/mol. The molecule has 0 heteroatoms. The largest absolute Gasteiger partial charge is 0.0622 e. The third-order valence-electron chi connectivity index (χ3n) is 17.6. The van der Waals surface area contributed by atoms with Crippen molar-refractivity contribution in [2.24, 2.45) is 0 Å². The van der Waals surface area contributed by atoms with Crippen molar-refractivity contribution in [1.82, 2.24) is 0 Å². The molecule has 0 fully saturated rings. The standard InChI is InChI=1S/C72H52/c1-7-39-35-55-70-60(41-20-11-9-12-21-41)56-36-54-44-25-16-15-24-43(44)45-28-19-29-49(63(45)54)66(56)62(42-22-13-10-14-23-42)72(70)61-40(8-2)34-53-48-30-31-51-65-52(33-32-50(64(48)65)59(39)69(53)71(55)61)68-58(38(5)6)47-27-18-17-26-46(47)57(37(3)4)67(51)68/h9-38H,7-8H2,1-6H3. The third-order valence-corrected chi connectivity index (χ3v) is 17.6. The highest BCUT2D eigenvalue weighted by molar-refractivity contribution is 6.49. The van der Waals surface area contributed by atoms with Crippen molar-refractivity contribution in [3.8, 4) is 22.3 Å². The normalized spacial score (nSPS) is 12.9. The maximum absolute atomic E-state index is 2.65. The highest BCUT2D eigenvalue weighted by Gasteiger charge is 2.31.